The third kappa shape index (κ3) is 4.82. The zero-order valence-corrected chi connectivity index (χ0v) is 15.1. The summed E-state index contributed by atoms with van der Waals surface area (Å²) in [7, 11) is 0. The lowest BCUT2D eigenvalue weighted by atomic mass is 10.3. The maximum atomic E-state index is 5.52. The molecule has 1 aliphatic heterocycles. The van der Waals surface area contributed by atoms with Crippen molar-refractivity contribution in [3.63, 3.8) is 0 Å². The molecule has 0 radical (unpaired) electrons. The standard InChI is InChI=1S/C17H21N5S2/c23-17(20-9-14-24-15-5-2-1-3-6-15)22-12-10-21(11-13-22)16-18-7-4-8-19-16/h1-8H,9-14H2,(H,20,23). The molecule has 0 spiro atoms. The van der Waals surface area contributed by atoms with Crippen molar-refractivity contribution in [1.82, 2.24) is 20.2 Å². The molecule has 1 fully saturated rings. The second-order valence-electron chi connectivity index (χ2n) is 5.42. The Kier molecular flexibility index (Phi) is 6.26. The first-order valence-corrected chi connectivity index (χ1v) is 9.45. The van der Waals surface area contributed by atoms with Gasteiger partial charge in [-0.25, -0.2) is 9.97 Å². The number of aromatic nitrogens is 2. The van der Waals surface area contributed by atoms with E-state index < -0.39 is 0 Å². The van der Waals surface area contributed by atoms with Gasteiger partial charge in [0.25, 0.3) is 0 Å². The van der Waals surface area contributed by atoms with Crippen molar-refractivity contribution in [2.24, 2.45) is 0 Å². The Balaban J connectivity index is 1.36. The average molecular weight is 360 g/mol. The smallest absolute Gasteiger partial charge is 0.225 e. The zero-order valence-electron chi connectivity index (χ0n) is 13.5. The average Bonchev–Trinajstić information content (AvgIpc) is 2.67. The Bertz CT molecular complexity index is 630. The minimum atomic E-state index is 0.801. The first-order chi connectivity index (χ1) is 11.8. The largest absolute Gasteiger partial charge is 0.362 e. The Labute approximate surface area is 152 Å². The van der Waals surface area contributed by atoms with E-state index in [0.29, 0.717) is 0 Å². The zero-order chi connectivity index (χ0) is 16.6. The summed E-state index contributed by atoms with van der Waals surface area (Å²) in [5, 5.41) is 4.21. The molecule has 5 nitrogen and oxygen atoms in total. The summed E-state index contributed by atoms with van der Waals surface area (Å²) >= 11 is 7.36. The van der Waals surface area contributed by atoms with Gasteiger partial charge in [-0.05, 0) is 30.4 Å². The Morgan fingerprint density at radius 3 is 2.46 bits per heavy atom. The molecule has 3 rings (SSSR count). The monoisotopic (exact) mass is 359 g/mol. The summed E-state index contributed by atoms with van der Waals surface area (Å²) in [6.07, 6.45) is 3.57. The molecular weight excluding hydrogens is 338 g/mol. The summed E-state index contributed by atoms with van der Waals surface area (Å²) in [5.74, 6) is 1.80. The van der Waals surface area contributed by atoms with Gasteiger partial charge in [0.1, 0.15) is 0 Å². The van der Waals surface area contributed by atoms with Crippen molar-refractivity contribution < 1.29 is 0 Å². The van der Waals surface area contributed by atoms with E-state index in [1.54, 1.807) is 12.4 Å². The van der Waals surface area contributed by atoms with Crippen LogP contribution >= 0.6 is 24.0 Å². The molecule has 0 aliphatic carbocycles. The van der Waals surface area contributed by atoms with Crippen molar-refractivity contribution in [3.05, 3.63) is 48.8 Å². The van der Waals surface area contributed by atoms with Gasteiger partial charge >= 0.3 is 0 Å². The highest BCUT2D eigenvalue weighted by atomic mass is 32.2. The van der Waals surface area contributed by atoms with Crippen molar-refractivity contribution in [3.8, 4) is 0 Å². The summed E-state index contributed by atoms with van der Waals surface area (Å²) in [6.45, 7) is 4.46. The van der Waals surface area contributed by atoms with E-state index in [1.807, 2.05) is 23.9 Å². The maximum Gasteiger partial charge on any atom is 0.225 e. The van der Waals surface area contributed by atoms with E-state index in [9.17, 15) is 0 Å². The summed E-state index contributed by atoms with van der Waals surface area (Å²) in [4.78, 5) is 14.3. The minimum Gasteiger partial charge on any atom is -0.362 e. The molecule has 1 saturated heterocycles. The van der Waals surface area contributed by atoms with E-state index in [-0.39, 0.29) is 0 Å². The second kappa shape index (κ2) is 8.84. The number of nitrogens with zero attached hydrogens (tertiary/aromatic N) is 4. The number of thioether (sulfide) groups is 1. The van der Waals surface area contributed by atoms with E-state index in [2.05, 4.69) is 49.4 Å². The normalized spacial score (nSPS) is 14.5. The van der Waals surface area contributed by atoms with Crippen LogP contribution in [0.1, 0.15) is 0 Å². The number of benzene rings is 1. The quantitative estimate of drug-likeness (QED) is 0.499. The molecule has 1 N–H and O–H groups in total. The van der Waals surface area contributed by atoms with Crippen molar-refractivity contribution in [2.75, 3.05) is 43.4 Å². The molecule has 0 atom stereocenters. The first-order valence-electron chi connectivity index (χ1n) is 8.05. The predicted molar refractivity (Wildman–Crippen MR) is 104 cm³/mol. The van der Waals surface area contributed by atoms with Crippen molar-refractivity contribution >= 4 is 35.0 Å². The van der Waals surface area contributed by atoms with Crippen LogP contribution in [0.5, 0.6) is 0 Å². The van der Waals surface area contributed by atoms with Crippen LogP contribution in [0.3, 0.4) is 0 Å². The molecule has 1 aromatic carbocycles. The second-order valence-corrected chi connectivity index (χ2v) is 6.97. The SMILES string of the molecule is S=C(NCCSc1ccccc1)N1CCN(c2ncccn2)CC1. The molecule has 1 aromatic heterocycles. The van der Waals surface area contributed by atoms with Gasteiger partial charge in [-0.15, -0.1) is 11.8 Å². The molecule has 1 aliphatic rings. The molecule has 2 aromatic rings. The maximum absolute atomic E-state index is 5.52. The van der Waals surface area contributed by atoms with Crippen molar-refractivity contribution in [2.45, 2.75) is 4.90 Å². The van der Waals surface area contributed by atoms with Gasteiger partial charge in [0.2, 0.25) is 5.95 Å². The van der Waals surface area contributed by atoms with Gasteiger partial charge in [-0.2, -0.15) is 0 Å². The van der Waals surface area contributed by atoms with E-state index in [4.69, 9.17) is 12.2 Å². The molecule has 0 unspecified atom stereocenters. The Hall–Kier alpha value is -1.86. The van der Waals surface area contributed by atoms with E-state index in [0.717, 1.165) is 49.5 Å². The molecule has 0 saturated carbocycles. The number of rotatable bonds is 5. The Morgan fingerprint density at radius 2 is 1.75 bits per heavy atom. The molecule has 126 valence electrons. The van der Waals surface area contributed by atoms with Crippen LogP contribution in [-0.4, -0.2) is 58.5 Å². The highest BCUT2D eigenvalue weighted by Gasteiger charge is 2.20. The lowest BCUT2D eigenvalue weighted by Crippen LogP contribution is -2.52. The fraction of sp³-hybridized carbons (Fsp3) is 0.353. The van der Waals surface area contributed by atoms with Gasteiger partial charge < -0.3 is 15.1 Å². The van der Waals surface area contributed by atoms with Crippen LogP contribution in [0.15, 0.2) is 53.7 Å². The van der Waals surface area contributed by atoms with Crippen LogP contribution in [0.25, 0.3) is 0 Å². The summed E-state index contributed by atoms with van der Waals surface area (Å²) in [5.41, 5.74) is 0. The number of anilines is 1. The van der Waals surface area contributed by atoms with E-state index in [1.165, 1.54) is 4.90 Å². The van der Waals surface area contributed by atoms with Crippen LogP contribution in [0.2, 0.25) is 0 Å². The lowest BCUT2D eigenvalue weighted by Gasteiger charge is -2.36. The fourth-order valence-corrected chi connectivity index (χ4v) is 3.59. The van der Waals surface area contributed by atoms with Gasteiger partial charge in [0.05, 0.1) is 0 Å². The third-order valence-electron chi connectivity index (χ3n) is 3.79. The number of thiocarbonyl (C=S) groups is 1. The van der Waals surface area contributed by atoms with Gasteiger partial charge in [-0.3, -0.25) is 0 Å². The number of hydrogen-bond donors (Lipinski definition) is 1. The van der Waals surface area contributed by atoms with Gasteiger partial charge in [0.15, 0.2) is 5.11 Å². The number of piperazine rings is 1. The molecule has 0 amide bonds. The summed E-state index contributed by atoms with van der Waals surface area (Å²) in [6, 6.07) is 12.3. The topological polar surface area (TPSA) is 44.3 Å². The first kappa shape index (κ1) is 17.0. The molecule has 24 heavy (non-hydrogen) atoms. The number of hydrogen-bond acceptors (Lipinski definition) is 5. The number of nitrogens with one attached hydrogen (secondary N) is 1. The highest BCUT2D eigenvalue weighted by molar-refractivity contribution is 7.99. The fourth-order valence-electron chi connectivity index (χ4n) is 2.52. The van der Waals surface area contributed by atoms with Crippen LogP contribution in [-0.2, 0) is 0 Å². The third-order valence-corrected chi connectivity index (χ3v) is 5.21. The van der Waals surface area contributed by atoms with Crippen LogP contribution in [0, 0.1) is 0 Å². The molecule has 2 heterocycles. The van der Waals surface area contributed by atoms with Gasteiger partial charge in [-0.1, -0.05) is 18.2 Å². The minimum absolute atomic E-state index is 0.801. The van der Waals surface area contributed by atoms with Gasteiger partial charge in [0, 0.05) is 55.8 Å². The predicted octanol–water partition coefficient (Wildman–Crippen LogP) is 2.27. The van der Waals surface area contributed by atoms with Crippen LogP contribution in [0.4, 0.5) is 5.95 Å². The highest BCUT2D eigenvalue weighted by Crippen LogP contribution is 2.16. The van der Waals surface area contributed by atoms with E-state index >= 15 is 0 Å². The Morgan fingerprint density at radius 1 is 1.04 bits per heavy atom. The lowest BCUT2D eigenvalue weighted by molar-refractivity contribution is 0.378. The molecule has 0 bridgehead atoms. The van der Waals surface area contributed by atoms with Crippen LogP contribution < -0.4 is 10.2 Å². The summed E-state index contributed by atoms with van der Waals surface area (Å²) < 4.78 is 0. The molecular formula is C17H21N5S2. The molecule has 7 heteroatoms. The van der Waals surface area contributed by atoms with Crippen molar-refractivity contribution in [1.29, 1.82) is 0 Å².